The van der Waals surface area contributed by atoms with Crippen molar-refractivity contribution in [2.45, 2.75) is 46.1 Å². The second-order valence-electron chi connectivity index (χ2n) is 6.68. The third-order valence-corrected chi connectivity index (χ3v) is 4.83. The highest BCUT2D eigenvalue weighted by Gasteiger charge is 2.28. The molecular weight excluding hydrogens is 320 g/mol. The fraction of sp³-hybridized carbons (Fsp3) is 0.526. The molecule has 0 aromatic heterocycles. The van der Waals surface area contributed by atoms with E-state index >= 15 is 0 Å². The summed E-state index contributed by atoms with van der Waals surface area (Å²) in [5.41, 5.74) is 2.67. The molecule has 136 valence electrons. The Kier molecular flexibility index (Phi) is 6.17. The normalized spacial score (nSPS) is 17.7. The summed E-state index contributed by atoms with van der Waals surface area (Å²) in [6.07, 6.45) is 2.07. The molecule has 0 spiro atoms. The number of aryl methyl sites for hydroxylation is 2. The van der Waals surface area contributed by atoms with Gasteiger partial charge >= 0.3 is 5.97 Å². The maximum Gasteiger partial charge on any atom is 0.323 e. The Morgan fingerprint density at radius 2 is 1.80 bits per heavy atom. The Bertz CT molecular complexity index is 651. The van der Waals surface area contributed by atoms with Gasteiger partial charge in [0.15, 0.2) is 0 Å². The molecule has 6 heteroatoms. The summed E-state index contributed by atoms with van der Waals surface area (Å²) in [6, 6.07) is 5.68. The van der Waals surface area contributed by atoms with Crippen LogP contribution in [0.1, 0.15) is 47.7 Å². The number of aliphatic carboxylic acids is 1. The lowest BCUT2D eigenvalue weighted by atomic mass is 10.0. The van der Waals surface area contributed by atoms with Crippen LogP contribution >= 0.6 is 0 Å². The number of carboxylic acids is 1. The van der Waals surface area contributed by atoms with Crippen molar-refractivity contribution in [3.05, 3.63) is 34.9 Å². The van der Waals surface area contributed by atoms with Crippen LogP contribution in [-0.2, 0) is 9.59 Å². The summed E-state index contributed by atoms with van der Waals surface area (Å²) in [4.78, 5) is 39.0. The predicted molar refractivity (Wildman–Crippen MR) is 94.5 cm³/mol. The minimum atomic E-state index is -1.01. The topological polar surface area (TPSA) is 77.9 Å². The molecule has 1 saturated heterocycles. The molecule has 25 heavy (non-hydrogen) atoms. The van der Waals surface area contributed by atoms with E-state index in [2.05, 4.69) is 0 Å². The first-order valence-corrected chi connectivity index (χ1v) is 8.65. The molecule has 0 aliphatic carbocycles. The van der Waals surface area contributed by atoms with Crippen molar-refractivity contribution in [1.82, 2.24) is 9.80 Å². The summed E-state index contributed by atoms with van der Waals surface area (Å²) in [5, 5.41) is 9.03. The van der Waals surface area contributed by atoms with Gasteiger partial charge in [0.2, 0.25) is 5.91 Å². The number of amides is 2. The van der Waals surface area contributed by atoms with Gasteiger partial charge in [0.05, 0.1) is 0 Å². The monoisotopic (exact) mass is 346 g/mol. The van der Waals surface area contributed by atoms with Crippen molar-refractivity contribution in [2.24, 2.45) is 0 Å². The Morgan fingerprint density at radius 1 is 1.16 bits per heavy atom. The SMILES string of the molecule is CC(=O)N(CC(=O)O)C1CCCN(C(=O)c2c(C)cccc2C)CC1. The zero-order valence-corrected chi connectivity index (χ0v) is 15.1. The molecule has 1 heterocycles. The third kappa shape index (κ3) is 4.59. The Labute approximate surface area is 148 Å². The molecule has 0 radical (unpaired) electrons. The van der Waals surface area contributed by atoms with Crippen molar-refractivity contribution < 1.29 is 19.5 Å². The van der Waals surface area contributed by atoms with E-state index in [4.69, 9.17) is 5.11 Å². The smallest absolute Gasteiger partial charge is 0.323 e. The van der Waals surface area contributed by atoms with Crippen molar-refractivity contribution in [1.29, 1.82) is 0 Å². The van der Waals surface area contributed by atoms with E-state index in [1.807, 2.05) is 36.9 Å². The number of benzene rings is 1. The van der Waals surface area contributed by atoms with Crippen LogP contribution in [0.15, 0.2) is 18.2 Å². The van der Waals surface area contributed by atoms with Crippen LogP contribution < -0.4 is 0 Å². The molecule has 1 aromatic carbocycles. The number of carbonyl (C=O) groups excluding carboxylic acids is 2. The quantitative estimate of drug-likeness (QED) is 0.907. The van der Waals surface area contributed by atoms with Crippen molar-refractivity contribution in [3.8, 4) is 0 Å². The van der Waals surface area contributed by atoms with Crippen molar-refractivity contribution in [3.63, 3.8) is 0 Å². The zero-order chi connectivity index (χ0) is 18.6. The number of carbonyl (C=O) groups is 3. The minimum Gasteiger partial charge on any atom is -0.480 e. The van der Waals surface area contributed by atoms with Gasteiger partial charge in [-0.1, -0.05) is 18.2 Å². The van der Waals surface area contributed by atoms with Crippen LogP contribution in [0.3, 0.4) is 0 Å². The first kappa shape index (κ1) is 19.0. The maximum absolute atomic E-state index is 12.9. The van der Waals surface area contributed by atoms with Gasteiger partial charge in [-0.25, -0.2) is 0 Å². The fourth-order valence-corrected chi connectivity index (χ4v) is 3.55. The molecule has 1 aliphatic rings. The van der Waals surface area contributed by atoms with E-state index in [1.54, 1.807) is 0 Å². The van der Waals surface area contributed by atoms with Crippen LogP contribution in [0.4, 0.5) is 0 Å². The van der Waals surface area contributed by atoms with Crippen LogP contribution in [-0.4, -0.2) is 58.4 Å². The number of hydrogen-bond acceptors (Lipinski definition) is 3. The number of likely N-dealkylation sites (tertiary alicyclic amines) is 1. The van der Waals surface area contributed by atoms with Crippen molar-refractivity contribution in [2.75, 3.05) is 19.6 Å². The summed E-state index contributed by atoms with van der Waals surface area (Å²) in [6.45, 7) is 6.14. The van der Waals surface area contributed by atoms with Gasteiger partial charge < -0.3 is 14.9 Å². The third-order valence-electron chi connectivity index (χ3n) is 4.83. The molecule has 0 saturated carbocycles. The van der Waals surface area contributed by atoms with Gasteiger partial charge in [0, 0.05) is 31.6 Å². The Balaban J connectivity index is 2.11. The second-order valence-corrected chi connectivity index (χ2v) is 6.68. The lowest BCUT2D eigenvalue weighted by Gasteiger charge is -2.29. The standard InChI is InChI=1S/C19H26N2O4/c1-13-6-4-7-14(2)18(13)19(25)20-10-5-8-16(9-11-20)21(15(3)22)12-17(23)24/h4,6-7,16H,5,8-12H2,1-3H3,(H,23,24). The molecule has 1 atom stereocenters. The van der Waals surface area contributed by atoms with Crippen LogP contribution in [0.2, 0.25) is 0 Å². The van der Waals surface area contributed by atoms with Crippen LogP contribution in [0.5, 0.6) is 0 Å². The number of hydrogen-bond donors (Lipinski definition) is 1. The molecular formula is C19H26N2O4. The highest BCUT2D eigenvalue weighted by Crippen LogP contribution is 2.21. The Hall–Kier alpha value is -2.37. The van der Waals surface area contributed by atoms with Crippen LogP contribution in [0.25, 0.3) is 0 Å². The van der Waals surface area contributed by atoms with Gasteiger partial charge in [-0.05, 0) is 44.2 Å². The molecule has 1 fully saturated rings. The summed E-state index contributed by atoms with van der Waals surface area (Å²) < 4.78 is 0. The van der Waals surface area contributed by atoms with Crippen LogP contribution in [0, 0.1) is 13.8 Å². The minimum absolute atomic E-state index is 0.0175. The molecule has 6 nitrogen and oxygen atoms in total. The van der Waals surface area contributed by atoms with Gasteiger partial charge in [0.1, 0.15) is 6.54 Å². The lowest BCUT2D eigenvalue weighted by Crippen LogP contribution is -2.43. The summed E-state index contributed by atoms with van der Waals surface area (Å²) in [5.74, 6) is -1.23. The largest absolute Gasteiger partial charge is 0.480 e. The van der Waals surface area contributed by atoms with E-state index in [-0.39, 0.29) is 24.4 Å². The molecule has 2 rings (SSSR count). The van der Waals surface area contributed by atoms with Gasteiger partial charge in [0.25, 0.3) is 5.91 Å². The number of rotatable bonds is 4. The molecule has 2 amide bonds. The average Bonchev–Trinajstić information content (AvgIpc) is 2.77. The zero-order valence-electron chi connectivity index (χ0n) is 15.1. The second kappa shape index (κ2) is 8.14. The molecule has 1 N–H and O–H groups in total. The Morgan fingerprint density at radius 3 is 2.36 bits per heavy atom. The van der Waals surface area contributed by atoms with E-state index in [9.17, 15) is 14.4 Å². The highest BCUT2D eigenvalue weighted by atomic mass is 16.4. The fourth-order valence-electron chi connectivity index (χ4n) is 3.55. The lowest BCUT2D eigenvalue weighted by molar-refractivity contribution is -0.145. The number of nitrogens with zero attached hydrogens (tertiary/aromatic N) is 2. The molecule has 0 bridgehead atoms. The summed E-state index contributed by atoms with van der Waals surface area (Å²) in [7, 11) is 0. The molecule has 1 aliphatic heterocycles. The molecule has 1 unspecified atom stereocenters. The highest BCUT2D eigenvalue weighted by molar-refractivity contribution is 5.97. The van der Waals surface area contributed by atoms with E-state index < -0.39 is 5.97 Å². The van der Waals surface area contributed by atoms with Gasteiger partial charge in [-0.3, -0.25) is 14.4 Å². The average molecular weight is 346 g/mol. The van der Waals surface area contributed by atoms with Gasteiger partial charge in [-0.2, -0.15) is 0 Å². The van der Waals surface area contributed by atoms with E-state index in [1.165, 1.54) is 11.8 Å². The summed E-state index contributed by atoms with van der Waals surface area (Å²) >= 11 is 0. The number of carboxylic acid groups (broad SMARTS) is 1. The first-order chi connectivity index (χ1) is 11.8. The van der Waals surface area contributed by atoms with Crippen molar-refractivity contribution >= 4 is 17.8 Å². The maximum atomic E-state index is 12.9. The van der Waals surface area contributed by atoms with E-state index in [0.29, 0.717) is 25.9 Å². The first-order valence-electron chi connectivity index (χ1n) is 8.65. The van der Waals surface area contributed by atoms with E-state index in [0.717, 1.165) is 23.1 Å². The van der Waals surface area contributed by atoms with Gasteiger partial charge in [-0.15, -0.1) is 0 Å². The predicted octanol–water partition coefficient (Wildman–Crippen LogP) is 2.23. The molecule has 1 aromatic rings.